The minimum Gasteiger partial charge on any atom is -0.323 e. The lowest BCUT2D eigenvalue weighted by molar-refractivity contribution is 0.545. The summed E-state index contributed by atoms with van der Waals surface area (Å²) in [6.45, 7) is 42.6. The topological polar surface area (TPSA) is 60.4 Å². The van der Waals surface area contributed by atoms with E-state index in [1.165, 1.54) is 61.5 Å². The molecule has 354 valence electrons. The predicted molar refractivity (Wildman–Crippen MR) is 288 cm³/mol. The number of aryl methyl sites for hydroxylation is 1. The summed E-state index contributed by atoms with van der Waals surface area (Å²) in [6.07, 6.45) is 10.2. The molecule has 6 aromatic rings. The van der Waals surface area contributed by atoms with Crippen LogP contribution in [0.2, 0.25) is 0 Å². The first-order valence-electron chi connectivity index (χ1n) is 25.6. The number of benzene rings is 2. The summed E-state index contributed by atoms with van der Waals surface area (Å²) in [6, 6.07) is 16.8. The zero-order valence-corrected chi connectivity index (χ0v) is 44.6. The van der Waals surface area contributed by atoms with Crippen molar-refractivity contribution in [3.63, 3.8) is 0 Å². The first kappa shape index (κ1) is 46.4. The zero-order valence-electron chi connectivity index (χ0n) is 44.6. The monoisotopic (exact) mass is 905 g/mol. The summed E-state index contributed by atoms with van der Waals surface area (Å²) >= 11 is 0. The van der Waals surface area contributed by atoms with Crippen molar-refractivity contribution < 1.29 is 0 Å². The van der Waals surface area contributed by atoms with E-state index in [-0.39, 0.29) is 33.5 Å². The van der Waals surface area contributed by atoms with Crippen LogP contribution in [0.15, 0.2) is 93.6 Å². The van der Waals surface area contributed by atoms with Crippen LogP contribution in [0, 0.1) is 17.3 Å². The van der Waals surface area contributed by atoms with Crippen molar-refractivity contribution in [1.29, 1.82) is 0 Å². The average molecular weight is 905 g/mol. The molecular weight excluding hydrogens is 829 g/mol. The molecular formula is C62H76N6. The highest BCUT2D eigenvalue weighted by molar-refractivity contribution is 6.05. The van der Waals surface area contributed by atoms with Crippen LogP contribution in [-0.4, -0.2) is 29.6 Å². The Bertz CT molecular complexity index is 3280. The molecule has 2 aliphatic heterocycles. The number of imidazole rings is 2. The van der Waals surface area contributed by atoms with Crippen LogP contribution >= 0.6 is 0 Å². The van der Waals surface area contributed by atoms with Gasteiger partial charge >= 0.3 is 0 Å². The fourth-order valence-electron chi connectivity index (χ4n) is 12.3. The van der Waals surface area contributed by atoms with E-state index in [0.29, 0.717) is 11.8 Å². The van der Waals surface area contributed by atoms with Crippen molar-refractivity contribution in [3.8, 4) is 22.5 Å². The van der Waals surface area contributed by atoms with Crippen LogP contribution < -0.4 is 0 Å². The second-order valence-electron chi connectivity index (χ2n) is 25.6. The molecule has 4 atom stereocenters. The van der Waals surface area contributed by atoms with Crippen molar-refractivity contribution in [1.82, 2.24) is 23.9 Å². The van der Waals surface area contributed by atoms with E-state index in [9.17, 15) is 0 Å². The quantitative estimate of drug-likeness (QED) is 0.178. The van der Waals surface area contributed by atoms with Gasteiger partial charge in [-0.15, -0.1) is 0 Å². The number of rotatable bonds is 3. The van der Waals surface area contributed by atoms with Crippen molar-refractivity contribution in [3.05, 3.63) is 122 Å². The van der Waals surface area contributed by atoms with Gasteiger partial charge in [0.15, 0.2) is 0 Å². The molecule has 0 saturated heterocycles. The number of aliphatic imine (C=N–C) groups is 1. The molecule has 2 aliphatic carbocycles. The lowest BCUT2D eigenvalue weighted by atomic mass is 9.77. The Balaban J connectivity index is 1.31. The van der Waals surface area contributed by atoms with Crippen LogP contribution in [0.5, 0.6) is 0 Å². The molecule has 0 saturated carbocycles. The molecule has 0 spiro atoms. The van der Waals surface area contributed by atoms with Gasteiger partial charge in [-0.2, -0.15) is 0 Å². The third kappa shape index (κ3) is 7.58. The fourth-order valence-corrected chi connectivity index (χ4v) is 12.3. The predicted octanol–water partition coefficient (Wildman–Crippen LogP) is 16.5. The second kappa shape index (κ2) is 15.6. The summed E-state index contributed by atoms with van der Waals surface area (Å²) in [4.78, 5) is 22.8. The smallest absolute Gasteiger partial charge is 0.143 e. The Labute approximate surface area is 406 Å². The number of hydrogen-bond acceptors (Lipinski definition) is 4. The highest BCUT2D eigenvalue weighted by Crippen LogP contribution is 2.50. The first-order valence-corrected chi connectivity index (χ1v) is 25.6. The van der Waals surface area contributed by atoms with Crippen LogP contribution in [0.25, 0.3) is 50.2 Å². The Morgan fingerprint density at radius 3 is 1.90 bits per heavy atom. The third-order valence-electron chi connectivity index (χ3n) is 15.8. The molecule has 10 rings (SSSR count). The largest absolute Gasteiger partial charge is 0.323 e. The van der Waals surface area contributed by atoms with Gasteiger partial charge in [0.2, 0.25) is 0 Å². The van der Waals surface area contributed by atoms with Gasteiger partial charge in [-0.1, -0.05) is 137 Å². The van der Waals surface area contributed by atoms with E-state index in [1.807, 2.05) is 0 Å². The van der Waals surface area contributed by atoms with Crippen molar-refractivity contribution in [2.75, 3.05) is 0 Å². The molecule has 4 unspecified atom stereocenters. The molecule has 0 bridgehead atoms. The maximum atomic E-state index is 5.88. The van der Waals surface area contributed by atoms with E-state index in [0.717, 1.165) is 87.6 Å². The highest BCUT2D eigenvalue weighted by atomic mass is 15.1. The Morgan fingerprint density at radius 1 is 0.647 bits per heavy atom. The fraction of sp³-hybridized carbons (Fsp3) is 0.484. The zero-order chi connectivity index (χ0) is 48.9. The lowest BCUT2D eigenvalue weighted by Gasteiger charge is -2.34. The molecule has 0 radical (unpaired) electrons. The lowest BCUT2D eigenvalue weighted by Crippen LogP contribution is -2.25. The van der Waals surface area contributed by atoms with Gasteiger partial charge in [-0.3, -0.25) is 14.4 Å². The van der Waals surface area contributed by atoms with E-state index < -0.39 is 0 Å². The maximum Gasteiger partial charge on any atom is 0.143 e. The molecule has 0 amide bonds. The normalized spacial score (nSPS) is 21.4. The van der Waals surface area contributed by atoms with E-state index in [1.54, 1.807) is 0 Å². The third-order valence-corrected chi connectivity index (χ3v) is 15.8. The summed E-state index contributed by atoms with van der Waals surface area (Å²) < 4.78 is 5.10. The van der Waals surface area contributed by atoms with Gasteiger partial charge < -0.3 is 4.57 Å². The standard InChI is InChI=1S/C62H76N6/c1-33-23-35(3)52(36(4)24-33)45-32-67-48-29-39(59(7,8)9)27-43(55(48)65-57(67)42-20-22-51(62(16,17)18)64-54(42)45)44-28-40(60(10,11)12)30-49-56(44)66-58-41-19-21-50(61(13,14)15)63-46(41)31-47(68(49)58)53-37(5)25-34(2)26-38(53)6/h20,22-23,25-31,33,37,45,53H,19,21,24,32H2,1-18H3. The van der Waals surface area contributed by atoms with Crippen LogP contribution in [-0.2, 0) is 29.2 Å². The molecule has 2 aromatic carbocycles. The Morgan fingerprint density at radius 2 is 1.29 bits per heavy atom. The summed E-state index contributed by atoms with van der Waals surface area (Å²) in [7, 11) is 0. The van der Waals surface area contributed by atoms with Crippen LogP contribution in [0.3, 0.4) is 0 Å². The van der Waals surface area contributed by atoms with Gasteiger partial charge in [0.25, 0.3) is 0 Å². The van der Waals surface area contributed by atoms with E-state index >= 15 is 0 Å². The number of fused-ring (bicyclic) bond motifs is 10. The SMILES string of the molecule is CC1=CC(C)C(c2cc3c(c4nc5c(-c6cc(C(C)(C)C)cc7c6nc6n7CC(C7=C(C)CC(C)C=C7C)c7nc(C(C)(C)C)ccc7-6)cc(C(C)(C)C)cc5n24)CCC(C(C)(C)C)=N3)C(C)=C1. The number of aromatic nitrogens is 5. The van der Waals surface area contributed by atoms with E-state index in [2.05, 4.69) is 194 Å². The minimum absolute atomic E-state index is 0.00832. The molecule has 4 aliphatic rings. The number of pyridine rings is 2. The van der Waals surface area contributed by atoms with Crippen molar-refractivity contribution in [2.45, 2.75) is 179 Å². The molecule has 4 aromatic heterocycles. The Kier molecular flexibility index (Phi) is 10.6. The van der Waals surface area contributed by atoms with Gasteiger partial charge in [0.05, 0.1) is 33.4 Å². The first-order chi connectivity index (χ1) is 31.7. The molecule has 6 heteroatoms. The van der Waals surface area contributed by atoms with Crippen LogP contribution in [0.1, 0.15) is 183 Å². The van der Waals surface area contributed by atoms with Gasteiger partial charge in [-0.25, -0.2) is 9.97 Å². The van der Waals surface area contributed by atoms with Crippen molar-refractivity contribution in [2.24, 2.45) is 22.2 Å². The number of nitrogens with zero attached hydrogens (tertiary/aromatic N) is 6. The van der Waals surface area contributed by atoms with E-state index in [4.69, 9.17) is 19.9 Å². The molecule has 68 heavy (non-hydrogen) atoms. The molecule has 6 nitrogen and oxygen atoms in total. The molecule has 0 fully saturated rings. The number of allylic oxidation sites excluding steroid dienone is 8. The van der Waals surface area contributed by atoms with Gasteiger partial charge in [-0.05, 0) is 129 Å². The second-order valence-corrected chi connectivity index (χ2v) is 25.6. The summed E-state index contributed by atoms with van der Waals surface area (Å²) in [5.41, 5.74) is 25.3. The maximum absolute atomic E-state index is 5.88. The van der Waals surface area contributed by atoms with Gasteiger partial charge in [0, 0.05) is 68.6 Å². The van der Waals surface area contributed by atoms with Crippen LogP contribution in [0.4, 0.5) is 5.69 Å². The molecule has 0 N–H and O–H groups in total. The van der Waals surface area contributed by atoms with Crippen molar-refractivity contribution >= 4 is 39.1 Å². The van der Waals surface area contributed by atoms with Gasteiger partial charge in [0.1, 0.15) is 11.5 Å². The summed E-state index contributed by atoms with van der Waals surface area (Å²) in [5.74, 6) is 2.15. The average Bonchev–Trinajstić information content (AvgIpc) is 3.80. The Hall–Kier alpha value is -5.36. The summed E-state index contributed by atoms with van der Waals surface area (Å²) in [5, 5.41) is 0. The minimum atomic E-state index is -0.133. The molecule has 6 heterocycles. The highest BCUT2D eigenvalue weighted by Gasteiger charge is 2.37. The number of hydrogen-bond donors (Lipinski definition) is 0.